The molecular weight excluding hydrogens is 246 g/mol. The zero-order valence-corrected chi connectivity index (χ0v) is 10.8. The first-order valence-electron chi connectivity index (χ1n) is 6.16. The molecule has 1 aliphatic heterocycles. The smallest absolute Gasteiger partial charge is 0.341 e. The van der Waals surface area contributed by atoms with Crippen LogP contribution in [0.1, 0.15) is 23.0 Å². The van der Waals surface area contributed by atoms with Crippen LogP contribution in [0, 0.1) is 11.3 Å². The number of nitrogens with zero attached hydrogens (tertiary/aromatic N) is 3. The normalized spacial score (nSPS) is 14.8. The van der Waals surface area contributed by atoms with Crippen molar-refractivity contribution in [2.75, 3.05) is 37.8 Å². The zero-order valence-electron chi connectivity index (χ0n) is 10.8. The van der Waals surface area contributed by atoms with Gasteiger partial charge in [0, 0.05) is 19.3 Å². The molecule has 6 nitrogen and oxygen atoms in total. The third-order valence-corrected chi connectivity index (χ3v) is 2.84. The van der Waals surface area contributed by atoms with Crippen molar-refractivity contribution in [3.8, 4) is 6.07 Å². The summed E-state index contributed by atoms with van der Waals surface area (Å²) in [6.45, 7) is 4.63. The van der Waals surface area contributed by atoms with Crippen molar-refractivity contribution in [1.29, 1.82) is 5.26 Å². The minimum Gasteiger partial charge on any atom is -0.462 e. The fraction of sp³-hybridized carbons (Fsp3) is 0.462. The molecule has 1 saturated heterocycles. The van der Waals surface area contributed by atoms with Crippen LogP contribution in [0.3, 0.4) is 0 Å². The van der Waals surface area contributed by atoms with Crippen LogP contribution < -0.4 is 4.90 Å². The van der Waals surface area contributed by atoms with Gasteiger partial charge in [-0.2, -0.15) is 5.26 Å². The van der Waals surface area contributed by atoms with Gasteiger partial charge in [0.15, 0.2) is 0 Å². The van der Waals surface area contributed by atoms with Gasteiger partial charge in [0.05, 0.1) is 25.5 Å². The molecule has 2 rings (SSSR count). The third-order valence-electron chi connectivity index (χ3n) is 2.84. The summed E-state index contributed by atoms with van der Waals surface area (Å²) < 4.78 is 10.3. The van der Waals surface area contributed by atoms with Crippen molar-refractivity contribution < 1.29 is 14.3 Å². The number of hydrogen-bond donors (Lipinski definition) is 0. The van der Waals surface area contributed by atoms with E-state index in [0.717, 1.165) is 0 Å². The summed E-state index contributed by atoms with van der Waals surface area (Å²) in [5, 5.41) is 8.92. The molecule has 1 aromatic heterocycles. The standard InChI is InChI=1S/C13H15N3O3/c1-2-19-13(17)11-9-15-10(8-14)7-12(11)16-3-5-18-6-4-16/h7,9H,2-6H2,1H3. The molecule has 0 saturated carbocycles. The first-order chi connectivity index (χ1) is 9.26. The Morgan fingerprint density at radius 2 is 2.32 bits per heavy atom. The van der Waals surface area contributed by atoms with Crippen LogP contribution in [0.25, 0.3) is 0 Å². The van der Waals surface area contributed by atoms with Crippen molar-refractivity contribution in [1.82, 2.24) is 4.98 Å². The highest BCUT2D eigenvalue weighted by Gasteiger charge is 2.20. The molecule has 19 heavy (non-hydrogen) atoms. The lowest BCUT2D eigenvalue weighted by Crippen LogP contribution is -2.37. The minimum absolute atomic E-state index is 0.287. The van der Waals surface area contributed by atoms with Crippen LogP contribution >= 0.6 is 0 Å². The number of aromatic nitrogens is 1. The van der Waals surface area contributed by atoms with Gasteiger partial charge >= 0.3 is 5.97 Å². The molecule has 1 aromatic rings. The molecule has 0 atom stereocenters. The molecule has 0 unspecified atom stereocenters. The highest BCUT2D eigenvalue weighted by atomic mass is 16.5. The highest BCUT2D eigenvalue weighted by molar-refractivity contribution is 5.95. The van der Waals surface area contributed by atoms with E-state index in [9.17, 15) is 4.79 Å². The molecule has 0 aliphatic carbocycles. The minimum atomic E-state index is -0.416. The van der Waals surface area contributed by atoms with Crippen LogP contribution in [0.15, 0.2) is 12.3 Å². The number of pyridine rings is 1. The van der Waals surface area contributed by atoms with E-state index < -0.39 is 5.97 Å². The molecule has 0 bridgehead atoms. The Morgan fingerprint density at radius 3 is 2.95 bits per heavy atom. The molecule has 1 aliphatic rings. The van der Waals surface area contributed by atoms with Crippen molar-refractivity contribution in [2.45, 2.75) is 6.92 Å². The quantitative estimate of drug-likeness (QED) is 0.754. The van der Waals surface area contributed by atoms with Gasteiger partial charge in [-0.05, 0) is 13.0 Å². The molecule has 0 radical (unpaired) electrons. The molecular formula is C13H15N3O3. The van der Waals surface area contributed by atoms with E-state index in [1.165, 1.54) is 6.20 Å². The lowest BCUT2D eigenvalue weighted by Gasteiger charge is -2.30. The lowest BCUT2D eigenvalue weighted by atomic mass is 10.1. The number of hydrogen-bond acceptors (Lipinski definition) is 6. The first-order valence-corrected chi connectivity index (χ1v) is 6.16. The van der Waals surface area contributed by atoms with Crippen LogP contribution in [-0.2, 0) is 9.47 Å². The van der Waals surface area contributed by atoms with E-state index in [-0.39, 0.29) is 5.69 Å². The lowest BCUT2D eigenvalue weighted by molar-refractivity contribution is 0.0525. The van der Waals surface area contributed by atoms with Gasteiger partial charge in [0.1, 0.15) is 17.3 Å². The predicted octanol–water partition coefficient (Wildman–Crippen LogP) is 0.967. The van der Waals surface area contributed by atoms with Crippen LogP contribution in [-0.4, -0.2) is 43.9 Å². The van der Waals surface area contributed by atoms with Gasteiger partial charge < -0.3 is 14.4 Å². The summed E-state index contributed by atoms with van der Waals surface area (Å²) in [6, 6.07) is 3.61. The number of esters is 1. The van der Waals surface area contributed by atoms with E-state index in [0.29, 0.717) is 44.2 Å². The summed E-state index contributed by atoms with van der Waals surface area (Å²) in [6.07, 6.45) is 1.40. The van der Waals surface area contributed by atoms with Crippen molar-refractivity contribution in [2.24, 2.45) is 0 Å². The highest BCUT2D eigenvalue weighted by Crippen LogP contribution is 2.22. The maximum absolute atomic E-state index is 11.9. The van der Waals surface area contributed by atoms with Gasteiger partial charge in [-0.25, -0.2) is 9.78 Å². The monoisotopic (exact) mass is 261 g/mol. The fourth-order valence-corrected chi connectivity index (χ4v) is 1.94. The predicted molar refractivity (Wildman–Crippen MR) is 67.9 cm³/mol. The number of nitriles is 1. The maximum atomic E-state index is 11.9. The maximum Gasteiger partial charge on any atom is 0.341 e. The fourth-order valence-electron chi connectivity index (χ4n) is 1.94. The van der Waals surface area contributed by atoms with Crippen molar-refractivity contribution >= 4 is 11.7 Å². The number of anilines is 1. The van der Waals surface area contributed by atoms with Crippen molar-refractivity contribution in [3.63, 3.8) is 0 Å². The van der Waals surface area contributed by atoms with E-state index in [1.54, 1.807) is 13.0 Å². The molecule has 100 valence electrons. The van der Waals surface area contributed by atoms with Crippen LogP contribution in [0.5, 0.6) is 0 Å². The Bertz CT molecular complexity index is 504. The third kappa shape index (κ3) is 3.01. The number of carbonyl (C=O) groups is 1. The molecule has 0 N–H and O–H groups in total. The molecule has 6 heteroatoms. The van der Waals surface area contributed by atoms with E-state index in [2.05, 4.69) is 4.98 Å². The largest absolute Gasteiger partial charge is 0.462 e. The second-order valence-corrected chi connectivity index (χ2v) is 4.02. The summed E-state index contributed by atoms with van der Waals surface area (Å²) in [4.78, 5) is 17.9. The Balaban J connectivity index is 2.36. The van der Waals surface area contributed by atoms with E-state index >= 15 is 0 Å². The SMILES string of the molecule is CCOC(=O)c1cnc(C#N)cc1N1CCOCC1. The average molecular weight is 261 g/mol. The Kier molecular flexibility index (Phi) is 4.31. The molecule has 0 spiro atoms. The number of ether oxygens (including phenoxy) is 2. The Labute approximate surface area is 111 Å². The van der Waals surface area contributed by atoms with Crippen molar-refractivity contribution in [3.05, 3.63) is 23.5 Å². The van der Waals surface area contributed by atoms with Gasteiger partial charge in [0.25, 0.3) is 0 Å². The van der Waals surface area contributed by atoms with Gasteiger partial charge in [-0.15, -0.1) is 0 Å². The first kappa shape index (κ1) is 13.3. The van der Waals surface area contributed by atoms with Gasteiger partial charge in [-0.3, -0.25) is 0 Å². The molecule has 1 fully saturated rings. The molecule has 0 aromatic carbocycles. The van der Waals surface area contributed by atoms with E-state index in [4.69, 9.17) is 14.7 Å². The van der Waals surface area contributed by atoms with Crippen LogP contribution in [0.2, 0.25) is 0 Å². The Hall–Kier alpha value is -2.13. The molecule has 0 amide bonds. The summed E-state index contributed by atoms with van der Waals surface area (Å²) in [7, 11) is 0. The topological polar surface area (TPSA) is 75.5 Å². The molecule has 2 heterocycles. The zero-order chi connectivity index (χ0) is 13.7. The second kappa shape index (κ2) is 6.16. The van der Waals surface area contributed by atoms with Crippen LogP contribution in [0.4, 0.5) is 5.69 Å². The Morgan fingerprint density at radius 1 is 1.58 bits per heavy atom. The van der Waals surface area contributed by atoms with Gasteiger partial charge in [-0.1, -0.05) is 0 Å². The number of carbonyl (C=O) groups excluding carboxylic acids is 1. The summed E-state index contributed by atoms with van der Waals surface area (Å²) in [5.41, 5.74) is 1.37. The van der Waals surface area contributed by atoms with E-state index in [1.807, 2.05) is 11.0 Å². The number of rotatable bonds is 3. The average Bonchev–Trinajstić information content (AvgIpc) is 2.47. The van der Waals surface area contributed by atoms with Gasteiger partial charge in [0.2, 0.25) is 0 Å². The second-order valence-electron chi connectivity index (χ2n) is 4.02. The number of morpholine rings is 1. The summed E-state index contributed by atoms with van der Waals surface area (Å²) >= 11 is 0. The summed E-state index contributed by atoms with van der Waals surface area (Å²) in [5.74, 6) is -0.416.